The molecule has 0 saturated carbocycles. The van der Waals surface area contributed by atoms with Gasteiger partial charge in [-0.05, 0) is 42.7 Å². The summed E-state index contributed by atoms with van der Waals surface area (Å²) >= 11 is 3.58. The van der Waals surface area contributed by atoms with Crippen LogP contribution < -0.4 is 10.1 Å². The fourth-order valence-electron chi connectivity index (χ4n) is 2.57. The second-order valence-electron chi connectivity index (χ2n) is 5.22. The molecule has 0 aromatic heterocycles. The molecule has 1 aliphatic rings. The van der Waals surface area contributed by atoms with E-state index in [4.69, 9.17) is 4.74 Å². The van der Waals surface area contributed by atoms with Crippen molar-refractivity contribution in [2.75, 3.05) is 18.5 Å². The molecule has 1 unspecified atom stereocenters. The predicted octanol–water partition coefficient (Wildman–Crippen LogP) is 4.74. The maximum absolute atomic E-state index is 5.71. The van der Waals surface area contributed by atoms with Gasteiger partial charge in [-0.25, -0.2) is 0 Å². The number of aryl methyl sites for hydroxylation is 1. The van der Waals surface area contributed by atoms with Gasteiger partial charge in [-0.2, -0.15) is 0 Å². The van der Waals surface area contributed by atoms with Crippen LogP contribution in [0.3, 0.4) is 0 Å². The highest BCUT2D eigenvalue weighted by atomic mass is 79.9. The normalized spacial score (nSPS) is 17.2. The van der Waals surface area contributed by atoms with Crippen molar-refractivity contribution in [2.24, 2.45) is 0 Å². The molecular formula is C17H18BrNO. The van der Waals surface area contributed by atoms with Crippen LogP contribution in [0.1, 0.15) is 23.5 Å². The number of anilines is 1. The molecule has 104 valence electrons. The summed E-state index contributed by atoms with van der Waals surface area (Å²) in [7, 11) is 0. The van der Waals surface area contributed by atoms with Crippen molar-refractivity contribution in [3.05, 3.63) is 58.1 Å². The maximum atomic E-state index is 5.71. The van der Waals surface area contributed by atoms with Crippen LogP contribution in [0.2, 0.25) is 0 Å². The first kappa shape index (κ1) is 13.5. The van der Waals surface area contributed by atoms with E-state index in [-0.39, 0.29) is 0 Å². The summed E-state index contributed by atoms with van der Waals surface area (Å²) in [6.45, 7) is 3.85. The lowest BCUT2D eigenvalue weighted by Gasteiger charge is -2.26. The van der Waals surface area contributed by atoms with E-state index in [1.54, 1.807) is 0 Å². The van der Waals surface area contributed by atoms with E-state index in [0.29, 0.717) is 5.92 Å². The van der Waals surface area contributed by atoms with Gasteiger partial charge in [0.25, 0.3) is 0 Å². The van der Waals surface area contributed by atoms with Crippen molar-refractivity contribution in [1.82, 2.24) is 0 Å². The second-order valence-corrected chi connectivity index (χ2v) is 6.07. The molecule has 0 spiro atoms. The highest BCUT2D eigenvalue weighted by Crippen LogP contribution is 2.33. The van der Waals surface area contributed by atoms with Gasteiger partial charge < -0.3 is 10.1 Å². The Morgan fingerprint density at radius 1 is 1.25 bits per heavy atom. The molecule has 2 aromatic rings. The Morgan fingerprint density at radius 3 is 2.95 bits per heavy atom. The molecule has 1 aliphatic heterocycles. The van der Waals surface area contributed by atoms with Crippen molar-refractivity contribution in [3.8, 4) is 5.75 Å². The summed E-state index contributed by atoms with van der Waals surface area (Å²) in [4.78, 5) is 0. The average Bonchev–Trinajstić information content (AvgIpc) is 2.48. The smallest absolute Gasteiger partial charge is 0.122 e. The SMILES string of the molecule is Cc1ccc(NCC2CCOc3ccccc32)cc1Br. The Kier molecular flexibility index (Phi) is 3.97. The summed E-state index contributed by atoms with van der Waals surface area (Å²) < 4.78 is 6.85. The summed E-state index contributed by atoms with van der Waals surface area (Å²) in [5, 5.41) is 3.54. The van der Waals surface area contributed by atoms with E-state index in [1.807, 2.05) is 6.07 Å². The lowest BCUT2D eigenvalue weighted by atomic mass is 9.93. The second kappa shape index (κ2) is 5.88. The molecule has 0 amide bonds. The minimum atomic E-state index is 0.514. The van der Waals surface area contributed by atoms with E-state index in [9.17, 15) is 0 Å². The van der Waals surface area contributed by atoms with E-state index in [1.165, 1.54) is 11.1 Å². The van der Waals surface area contributed by atoms with Crippen LogP contribution in [0.4, 0.5) is 5.69 Å². The number of fused-ring (bicyclic) bond motifs is 1. The fraction of sp³-hybridized carbons (Fsp3) is 0.294. The van der Waals surface area contributed by atoms with Gasteiger partial charge in [0.15, 0.2) is 0 Å². The maximum Gasteiger partial charge on any atom is 0.122 e. The molecule has 1 N–H and O–H groups in total. The van der Waals surface area contributed by atoms with Crippen LogP contribution in [-0.2, 0) is 0 Å². The Morgan fingerprint density at radius 2 is 2.10 bits per heavy atom. The standard InChI is InChI=1S/C17H18BrNO/c1-12-6-7-14(10-16(12)18)19-11-13-8-9-20-17-5-3-2-4-15(13)17/h2-7,10,13,19H,8-9,11H2,1H3. The summed E-state index contributed by atoms with van der Waals surface area (Å²) in [6, 6.07) is 14.8. The summed E-state index contributed by atoms with van der Waals surface area (Å²) in [5.41, 5.74) is 3.73. The molecular weight excluding hydrogens is 314 g/mol. The van der Waals surface area contributed by atoms with E-state index in [2.05, 4.69) is 64.6 Å². The Labute approximate surface area is 128 Å². The van der Waals surface area contributed by atoms with Gasteiger partial charge in [0, 0.05) is 22.6 Å². The minimum Gasteiger partial charge on any atom is -0.493 e. The fourth-order valence-corrected chi connectivity index (χ4v) is 2.95. The number of rotatable bonds is 3. The van der Waals surface area contributed by atoms with Gasteiger partial charge >= 0.3 is 0 Å². The van der Waals surface area contributed by atoms with Crippen molar-refractivity contribution < 1.29 is 4.74 Å². The van der Waals surface area contributed by atoms with Gasteiger partial charge in [0.05, 0.1) is 6.61 Å². The molecule has 0 fully saturated rings. The zero-order valence-electron chi connectivity index (χ0n) is 11.5. The number of benzene rings is 2. The van der Waals surface area contributed by atoms with Crippen LogP contribution in [0.5, 0.6) is 5.75 Å². The molecule has 1 heterocycles. The van der Waals surface area contributed by atoms with Crippen LogP contribution in [-0.4, -0.2) is 13.2 Å². The van der Waals surface area contributed by atoms with Crippen molar-refractivity contribution >= 4 is 21.6 Å². The first-order valence-corrected chi connectivity index (χ1v) is 7.75. The van der Waals surface area contributed by atoms with E-state index in [0.717, 1.165) is 35.5 Å². The van der Waals surface area contributed by atoms with Crippen LogP contribution in [0.15, 0.2) is 46.9 Å². The van der Waals surface area contributed by atoms with Crippen molar-refractivity contribution in [2.45, 2.75) is 19.3 Å². The number of hydrogen-bond acceptors (Lipinski definition) is 2. The number of para-hydroxylation sites is 1. The molecule has 0 aliphatic carbocycles. The summed E-state index contributed by atoms with van der Waals surface area (Å²) in [5.74, 6) is 1.55. The topological polar surface area (TPSA) is 21.3 Å². The van der Waals surface area contributed by atoms with Gasteiger partial charge in [0.1, 0.15) is 5.75 Å². The van der Waals surface area contributed by atoms with Crippen molar-refractivity contribution in [1.29, 1.82) is 0 Å². The molecule has 3 heteroatoms. The third-order valence-electron chi connectivity index (χ3n) is 3.81. The van der Waals surface area contributed by atoms with Gasteiger partial charge in [-0.15, -0.1) is 0 Å². The number of halogens is 1. The van der Waals surface area contributed by atoms with Gasteiger partial charge in [0.2, 0.25) is 0 Å². The first-order chi connectivity index (χ1) is 9.74. The lowest BCUT2D eigenvalue weighted by Crippen LogP contribution is -2.20. The Hall–Kier alpha value is -1.48. The zero-order valence-corrected chi connectivity index (χ0v) is 13.1. The third kappa shape index (κ3) is 2.83. The molecule has 2 nitrogen and oxygen atoms in total. The largest absolute Gasteiger partial charge is 0.493 e. The minimum absolute atomic E-state index is 0.514. The predicted molar refractivity (Wildman–Crippen MR) is 86.7 cm³/mol. The molecule has 20 heavy (non-hydrogen) atoms. The third-order valence-corrected chi connectivity index (χ3v) is 4.66. The van der Waals surface area contributed by atoms with Crippen LogP contribution >= 0.6 is 15.9 Å². The number of hydrogen-bond donors (Lipinski definition) is 1. The molecule has 0 saturated heterocycles. The number of ether oxygens (including phenoxy) is 1. The van der Waals surface area contributed by atoms with E-state index >= 15 is 0 Å². The van der Waals surface area contributed by atoms with E-state index < -0.39 is 0 Å². The van der Waals surface area contributed by atoms with Crippen molar-refractivity contribution in [3.63, 3.8) is 0 Å². The monoisotopic (exact) mass is 331 g/mol. The Balaban J connectivity index is 1.71. The average molecular weight is 332 g/mol. The number of nitrogens with one attached hydrogen (secondary N) is 1. The Bertz CT molecular complexity index is 612. The quantitative estimate of drug-likeness (QED) is 0.877. The van der Waals surface area contributed by atoms with Gasteiger partial charge in [-0.1, -0.05) is 40.2 Å². The van der Waals surface area contributed by atoms with Crippen LogP contribution in [0, 0.1) is 6.92 Å². The lowest BCUT2D eigenvalue weighted by molar-refractivity contribution is 0.270. The molecule has 1 atom stereocenters. The highest BCUT2D eigenvalue weighted by molar-refractivity contribution is 9.10. The molecule has 3 rings (SSSR count). The van der Waals surface area contributed by atoms with Gasteiger partial charge in [-0.3, -0.25) is 0 Å². The summed E-state index contributed by atoms with van der Waals surface area (Å²) in [6.07, 6.45) is 1.07. The van der Waals surface area contributed by atoms with Crippen LogP contribution in [0.25, 0.3) is 0 Å². The first-order valence-electron chi connectivity index (χ1n) is 6.96. The zero-order chi connectivity index (χ0) is 13.9. The molecule has 0 bridgehead atoms. The highest BCUT2D eigenvalue weighted by Gasteiger charge is 2.20. The molecule has 0 radical (unpaired) electrons. The molecule has 2 aromatic carbocycles.